The lowest BCUT2D eigenvalue weighted by atomic mass is 10.0. The molecular weight excluding hydrogens is 501 g/mol. The first-order valence-electron chi connectivity index (χ1n) is 12.0. The van der Waals surface area contributed by atoms with Crippen molar-refractivity contribution in [2.75, 3.05) is 45.2 Å². The van der Waals surface area contributed by atoms with Gasteiger partial charge < -0.3 is 20.4 Å². The van der Waals surface area contributed by atoms with Crippen molar-refractivity contribution in [3.8, 4) is 0 Å². The number of nitrogens with one attached hydrogen (secondary N) is 2. The minimum atomic E-state index is -4.05. The van der Waals surface area contributed by atoms with E-state index < -0.39 is 39.7 Å². The second kappa shape index (κ2) is 10.9. The lowest BCUT2D eigenvalue weighted by molar-refractivity contribution is -0.133. The molecule has 12 heteroatoms. The molecule has 37 heavy (non-hydrogen) atoms. The smallest absolute Gasteiger partial charge is 0.254 e. The largest absolute Gasteiger partial charge is 0.378 e. The highest BCUT2D eigenvalue weighted by molar-refractivity contribution is 7.89. The van der Waals surface area contributed by atoms with Gasteiger partial charge in [-0.15, -0.1) is 0 Å². The summed E-state index contributed by atoms with van der Waals surface area (Å²) < 4.78 is 41.0. The second-order valence-electron chi connectivity index (χ2n) is 9.27. The molecule has 0 aromatic heterocycles. The predicted molar refractivity (Wildman–Crippen MR) is 135 cm³/mol. The van der Waals surface area contributed by atoms with Crippen molar-refractivity contribution in [3.63, 3.8) is 0 Å². The number of rotatable bonds is 6. The van der Waals surface area contributed by atoms with Crippen molar-refractivity contribution in [3.05, 3.63) is 59.9 Å². The first-order chi connectivity index (χ1) is 17.6. The average Bonchev–Trinajstić information content (AvgIpc) is 2.89. The Bertz CT molecular complexity index is 1270. The minimum Gasteiger partial charge on any atom is -0.378 e. The zero-order chi connectivity index (χ0) is 26.7. The third-order valence-electron chi connectivity index (χ3n) is 6.59. The molecule has 2 aliphatic heterocycles. The van der Waals surface area contributed by atoms with E-state index in [0.717, 1.165) is 34.3 Å². The Morgan fingerprint density at radius 1 is 1.05 bits per heavy atom. The standard InChI is InChI=1S/C25H30FN5O5S/c1-29(2)19-9-5-17(6-10-19)25(34)31-15-14-30(37(35,36)20-11-7-18(26)8-12-20)16-22(31)24(33)28-21-4-3-13-27-23(21)32/h5-12,21-22H,3-4,13-16H2,1-2H3,(H,27,32)(H,28,33). The molecule has 2 fully saturated rings. The number of nitrogens with zero attached hydrogens (tertiary/aromatic N) is 3. The zero-order valence-electron chi connectivity index (χ0n) is 20.7. The fourth-order valence-corrected chi connectivity index (χ4v) is 5.88. The molecule has 2 aromatic carbocycles. The molecule has 3 amide bonds. The number of hydrogen-bond acceptors (Lipinski definition) is 6. The highest BCUT2D eigenvalue weighted by atomic mass is 32.2. The van der Waals surface area contributed by atoms with Crippen LogP contribution in [0.3, 0.4) is 0 Å². The third kappa shape index (κ3) is 5.75. The van der Waals surface area contributed by atoms with E-state index in [1.165, 1.54) is 4.90 Å². The van der Waals surface area contributed by atoms with Gasteiger partial charge in [-0.2, -0.15) is 4.31 Å². The number of amides is 3. The van der Waals surface area contributed by atoms with Crippen LogP contribution in [0.5, 0.6) is 0 Å². The minimum absolute atomic E-state index is 0.0381. The van der Waals surface area contributed by atoms with Crippen LogP contribution in [0.4, 0.5) is 10.1 Å². The Kier molecular flexibility index (Phi) is 7.79. The summed E-state index contributed by atoms with van der Waals surface area (Å²) >= 11 is 0. The molecule has 10 nitrogen and oxygen atoms in total. The van der Waals surface area contributed by atoms with Crippen LogP contribution in [0.2, 0.25) is 0 Å². The molecule has 0 bridgehead atoms. The van der Waals surface area contributed by atoms with E-state index in [1.807, 2.05) is 19.0 Å². The third-order valence-corrected chi connectivity index (χ3v) is 8.47. The SMILES string of the molecule is CN(C)c1ccc(C(=O)N2CCN(S(=O)(=O)c3ccc(F)cc3)CC2C(=O)NC2CCCNC2=O)cc1. The molecule has 0 saturated carbocycles. The molecule has 2 saturated heterocycles. The number of sulfonamides is 1. The molecule has 2 atom stereocenters. The van der Waals surface area contributed by atoms with Crippen LogP contribution in [0.25, 0.3) is 0 Å². The molecule has 2 aromatic rings. The van der Waals surface area contributed by atoms with Crippen LogP contribution in [-0.4, -0.2) is 87.7 Å². The highest BCUT2D eigenvalue weighted by Gasteiger charge is 2.41. The molecule has 0 spiro atoms. The summed E-state index contributed by atoms with van der Waals surface area (Å²) in [5.41, 5.74) is 1.25. The normalized spacial score (nSPS) is 20.7. The fourth-order valence-electron chi connectivity index (χ4n) is 4.44. The van der Waals surface area contributed by atoms with Crippen LogP contribution in [0, 0.1) is 5.82 Å². The summed E-state index contributed by atoms with van der Waals surface area (Å²) in [5.74, 6) is -1.92. The number of halogens is 1. The maximum Gasteiger partial charge on any atom is 0.254 e. The molecule has 2 heterocycles. The van der Waals surface area contributed by atoms with Crippen LogP contribution >= 0.6 is 0 Å². The van der Waals surface area contributed by atoms with Crippen molar-refractivity contribution in [1.82, 2.24) is 19.8 Å². The number of piperazine rings is 1. The van der Waals surface area contributed by atoms with Crippen molar-refractivity contribution in [2.24, 2.45) is 0 Å². The van der Waals surface area contributed by atoms with Crippen LogP contribution in [-0.2, 0) is 19.6 Å². The summed E-state index contributed by atoms with van der Waals surface area (Å²) in [6, 6.07) is 9.37. The van der Waals surface area contributed by atoms with E-state index in [1.54, 1.807) is 24.3 Å². The number of piperidine rings is 1. The topological polar surface area (TPSA) is 119 Å². The van der Waals surface area contributed by atoms with Gasteiger partial charge in [-0.05, 0) is 61.4 Å². The van der Waals surface area contributed by atoms with Gasteiger partial charge in [-0.1, -0.05) is 0 Å². The van der Waals surface area contributed by atoms with Crippen molar-refractivity contribution < 1.29 is 27.2 Å². The Balaban J connectivity index is 1.61. The molecule has 2 unspecified atom stereocenters. The van der Waals surface area contributed by atoms with Gasteiger partial charge >= 0.3 is 0 Å². The first-order valence-corrected chi connectivity index (χ1v) is 13.4. The van der Waals surface area contributed by atoms with Crippen molar-refractivity contribution in [1.29, 1.82) is 0 Å². The van der Waals surface area contributed by atoms with Gasteiger partial charge in [0, 0.05) is 51.5 Å². The van der Waals surface area contributed by atoms with E-state index in [0.29, 0.717) is 24.9 Å². The molecule has 198 valence electrons. The van der Waals surface area contributed by atoms with Crippen LogP contribution in [0.15, 0.2) is 53.4 Å². The maximum atomic E-state index is 13.5. The van der Waals surface area contributed by atoms with E-state index in [4.69, 9.17) is 0 Å². The molecule has 2 aliphatic rings. The first kappa shape index (κ1) is 26.6. The van der Waals surface area contributed by atoms with Gasteiger partial charge in [0.15, 0.2) is 0 Å². The van der Waals surface area contributed by atoms with Gasteiger partial charge in [0.1, 0.15) is 17.9 Å². The molecule has 0 radical (unpaired) electrons. The summed E-state index contributed by atoms with van der Waals surface area (Å²) in [7, 11) is -0.305. The molecular formula is C25H30FN5O5S. The Labute approximate surface area is 215 Å². The average molecular weight is 532 g/mol. The zero-order valence-corrected chi connectivity index (χ0v) is 21.5. The monoisotopic (exact) mass is 531 g/mol. The van der Waals surface area contributed by atoms with Gasteiger partial charge in [-0.25, -0.2) is 12.8 Å². The fraction of sp³-hybridized carbons (Fsp3) is 0.400. The summed E-state index contributed by atoms with van der Waals surface area (Å²) in [6.07, 6.45) is 1.13. The van der Waals surface area contributed by atoms with Gasteiger partial charge in [-0.3, -0.25) is 14.4 Å². The van der Waals surface area contributed by atoms with E-state index >= 15 is 0 Å². The number of benzene rings is 2. The van der Waals surface area contributed by atoms with Crippen LogP contribution in [0.1, 0.15) is 23.2 Å². The number of anilines is 1. The Hall–Kier alpha value is -3.51. The molecule has 2 N–H and O–H groups in total. The number of carbonyl (C=O) groups is 3. The molecule has 0 aliphatic carbocycles. The van der Waals surface area contributed by atoms with Gasteiger partial charge in [0.25, 0.3) is 5.91 Å². The van der Waals surface area contributed by atoms with Gasteiger partial charge in [0.2, 0.25) is 21.8 Å². The van der Waals surface area contributed by atoms with E-state index in [-0.39, 0.29) is 30.4 Å². The quantitative estimate of drug-likeness (QED) is 0.569. The van der Waals surface area contributed by atoms with E-state index in [9.17, 15) is 27.2 Å². The summed E-state index contributed by atoms with van der Waals surface area (Å²) in [5, 5.41) is 5.39. The second-order valence-corrected chi connectivity index (χ2v) is 11.2. The Morgan fingerprint density at radius 3 is 2.35 bits per heavy atom. The Morgan fingerprint density at radius 2 is 1.73 bits per heavy atom. The van der Waals surface area contributed by atoms with Gasteiger partial charge in [0.05, 0.1) is 4.90 Å². The van der Waals surface area contributed by atoms with Crippen molar-refractivity contribution in [2.45, 2.75) is 29.8 Å². The summed E-state index contributed by atoms with van der Waals surface area (Å²) in [4.78, 5) is 42.2. The predicted octanol–water partition coefficient (Wildman–Crippen LogP) is 0.802. The highest BCUT2D eigenvalue weighted by Crippen LogP contribution is 2.23. The van der Waals surface area contributed by atoms with Crippen LogP contribution < -0.4 is 15.5 Å². The van der Waals surface area contributed by atoms with E-state index in [2.05, 4.69) is 10.6 Å². The number of carbonyl (C=O) groups excluding carboxylic acids is 3. The molecule has 4 rings (SSSR count). The lowest BCUT2D eigenvalue weighted by Crippen LogP contribution is -2.63. The maximum absolute atomic E-state index is 13.5. The van der Waals surface area contributed by atoms with Crippen molar-refractivity contribution >= 4 is 33.4 Å². The lowest BCUT2D eigenvalue weighted by Gasteiger charge is -2.40. The summed E-state index contributed by atoms with van der Waals surface area (Å²) in [6.45, 7) is 0.131. The number of hydrogen-bond donors (Lipinski definition) is 2.